The second kappa shape index (κ2) is 15.3. The molecule has 3 heterocycles. The van der Waals surface area contributed by atoms with Crippen molar-refractivity contribution in [2.75, 3.05) is 13.7 Å². The molecule has 5 aromatic carbocycles. The summed E-state index contributed by atoms with van der Waals surface area (Å²) in [5.41, 5.74) is 6.51. The lowest BCUT2D eigenvalue weighted by Gasteiger charge is -2.26. The molecule has 56 heavy (non-hydrogen) atoms. The van der Waals surface area contributed by atoms with E-state index in [1.165, 1.54) is 23.5 Å². The first kappa shape index (κ1) is 35.9. The first-order chi connectivity index (χ1) is 27.4. The summed E-state index contributed by atoms with van der Waals surface area (Å²) in [6, 6.07) is 43.9. The smallest absolute Gasteiger partial charge is 0.338 e. The van der Waals surface area contributed by atoms with E-state index < -0.39 is 16.9 Å². The Morgan fingerprint density at radius 3 is 2.11 bits per heavy atom. The standard InChI is InChI=1S/C45H34N4O6S/c1-3-55-44(51)39-40(30-16-9-5-10-17-30)46-45-48(42(39)32-20-13-21-36(26-32)54-2)43(50)38(56-45)28-33-27-37(29-14-7-4-8-15-29)47(41(33)31-18-11-6-12-19-31)34-22-24-35(25-23-34)49(52)53/h4-28,42H,3H2,1-2H3/b38-28-/t42-/m1/s1. The predicted octanol–water partition coefficient (Wildman–Crippen LogP) is 7.98. The van der Waals surface area contributed by atoms with E-state index >= 15 is 0 Å². The Morgan fingerprint density at radius 2 is 1.48 bits per heavy atom. The van der Waals surface area contributed by atoms with E-state index in [1.54, 1.807) is 30.7 Å². The molecule has 1 atom stereocenters. The van der Waals surface area contributed by atoms with Gasteiger partial charge in [0.15, 0.2) is 4.80 Å². The lowest BCUT2D eigenvalue weighted by molar-refractivity contribution is -0.384. The molecule has 0 amide bonds. The van der Waals surface area contributed by atoms with Crippen molar-refractivity contribution in [2.24, 2.45) is 4.99 Å². The molecular formula is C45H34N4O6S. The molecule has 0 aliphatic carbocycles. The van der Waals surface area contributed by atoms with Crippen LogP contribution in [0.2, 0.25) is 0 Å². The van der Waals surface area contributed by atoms with Gasteiger partial charge in [-0.2, -0.15) is 0 Å². The van der Waals surface area contributed by atoms with Gasteiger partial charge in [-0.05, 0) is 60.0 Å². The molecule has 0 N–H and O–H groups in total. The molecular weight excluding hydrogens is 725 g/mol. The molecule has 0 saturated carbocycles. The Labute approximate surface area is 325 Å². The molecule has 1 aliphatic heterocycles. The number of nitro benzene ring substituents is 1. The summed E-state index contributed by atoms with van der Waals surface area (Å²) in [5.74, 6) is -0.00383. The maximum absolute atomic E-state index is 14.9. The van der Waals surface area contributed by atoms with Gasteiger partial charge >= 0.3 is 5.97 Å². The van der Waals surface area contributed by atoms with Crippen LogP contribution in [0.25, 0.3) is 40.0 Å². The Balaban J connectivity index is 1.43. The van der Waals surface area contributed by atoms with Crippen molar-refractivity contribution in [1.29, 1.82) is 0 Å². The third-order valence-corrected chi connectivity index (χ3v) is 10.5. The van der Waals surface area contributed by atoms with E-state index in [1.807, 2.05) is 127 Å². The zero-order chi connectivity index (χ0) is 38.8. The second-order valence-corrected chi connectivity index (χ2v) is 13.9. The summed E-state index contributed by atoms with van der Waals surface area (Å²) in [6.07, 6.45) is 1.86. The van der Waals surface area contributed by atoms with Crippen molar-refractivity contribution >= 4 is 34.8 Å². The van der Waals surface area contributed by atoms with Crippen LogP contribution in [0, 0.1) is 10.1 Å². The highest BCUT2D eigenvalue weighted by Crippen LogP contribution is 2.38. The number of esters is 1. The molecule has 8 rings (SSSR count). The number of nitro groups is 1. The Hall–Kier alpha value is -7.11. The number of aromatic nitrogens is 2. The Bertz CT molecular complexity index is 2810. The minimum absolute atomic E-state index is 0.0209. The minimum Gasteiger partial charge on any atom is -0.497 e. The van der Waals surface area contributed by atoms with Gasteiger partial charge in [0.05, 0.1) is 51.9 Å². The van der Waals surface area contributed by atoms with E-state index in [9.17, 15) is 19.7 Å². The van der Waals surface area contributed by atoms with E-state index in [4.69, 9.17) is 14.5 Å². The first-order valence-electron chi connectivity index (χ1n) is 17.9. The van der Waals surface area contributed by atoms with E-state index in [-0.39, 0.29) is 23.4 Å². The van der Waals surface area contributed by atoms with E-state index in [2.05, 4.69) is 4.57 Å². The van der Waals surface area contributed by atoms with E-state index in [0.717, 1.165) is 28.1 Å². The molecule has 0 saturated heterocycles. The van der Waals surface area contributed by atoms with Crippen molar-refractivity contribution in [2.45, 2.75) is 13.0 Å². The summed E-state index contributed by atoms with van der Waals surface area (Å²) in [6.45, 7) is 1.88. The van der Waals surface area contributed by atoms with Crippen LogP contribution in [0.4, 0.5) is 5.69 Å². The van der Waals surface area contributed by atoms with Crippen LogP contribution in [0.1, 0.15) is 29.7 Å². The van der Waals surface area contributed by atoms with Gasteiger partial charge in [0, 0.05) is 28.9 Å². The van der Waals surface area contributed by atoms with Gasteiger partial charge in [-0.15, -0.1) is 0 Å². The third kappa shape index (κ3) is 6.65. The Morgan fingerprint density at radius 1 is 0.839 bits per heavy atom. The highest BCUT2D eigenvalue weighted by atomic mass is 32.1. The zero-order valence-corrected chi connectivity index (χ0v) is 31.2. The van der Waals surface area contributed by atoms with Crippen molar-refractivity contribution in [3.63, 3.8) is 0 Å². The van der Waals surface area contributed by atoms with Crippen molar-refractivity contribution < 1.29 is 19.2 Å². The fourth-order valence-electron chi connectivity index (χ4n) is 7.05. The van der Waals surface area contributed by atoms with Gasteiger partial charge in [-0.3, -0.25) is 19.5 Å². The predicted molar refractivity (Wildman–Crippen MR) is 217 cm³/mol. The van der Waals surface area contributed by atoms with Gasteiger partial charge in [0.2, 0.25) is 0 Å². The number of hydrogen-bond donors (Lipinski definition) is 0. The molecule has 11 heteroatoms. The summed E-state index contributed by atoms with van der Waals surface area (Å²) in [5, 5.41) is 11.6. The first-order valence-corrected chi connectivity index (χ1v) is 18.7. The molecule has 0 radical (unpaired) electrons. The molecule has 10 nitrogen and oxygen atoms in total. The van der Waals surface area contributed by atoms with Gasteiger partial charge in [0.1, 0.15) is 5.75 Å². The highest BCUT2D eigenvalue weighted by Gasteiger charge is 2.35. The van der Waals surface area contributed by atoms with Crippen LogP contribution in [0.5, 0.6) is 5.75 Å². The maximum Gasteiger partial charge on any atom is 0.338 e. The topological polar surface area (TPSA) is 118 Å². The number of carbonyl (C=O) groups is 1. The molecule has 276 valence electrons. The number of benzene rings is 5. The molecule has 1 aliphatic rings. The number of methoxy groups -OCH3 is 1. The number of nitrogens with zero attached hydrogens (tertiary/aromatic N) is 4. The SMILES string of the molecule is CCOC(=O)C1=C(c2ccccc2)N=c2s/c(=C\c3cc(-c4ccccc4)n(-c4ccc([N+](=O)[O-])cc4)c3-c3ccccc3)c(=O)n2[C@@H]1c1cccc(OC)c1. The summed E-state index contributed by atoms with van der Waals surface area (Å²) < 4.78 is 15.2. The van der Waals surface area contributed by atoms with Crippen molar-refractivity contribution in [3.8, 4) is 34.0 Å². The van der Waals surface area contributed by atoms with Crippen LogP contribution in [-0.2, 0) is 9.53 Å². The number of carbonyl (C=O) groups excluding carboxylic acids is 1. The fraction of sp³-hybridized carbons (Fsp3) is 0.0889. The zero-order valence-electron chi connectivity index (χ0n) is 30.4. The lowest BCUT2D eigenvalue weighted by atomic mass is 9.93. The fourth-order valence-corrected chi connectivity index (χ4v) is 8.04. The van der Waals surface area contributed by atoms with Crippen molar-refractivity contribution in [3.05, 3.63) is 198 Å². The number of fused-ring (bicyclic) bond motifs is 1. The van der Waals surface area contributed by atoms with Gasteiger partial charge in [-0.1, -0.05) is 114 Å². The summed E-state index contributed by atoms with van der Waals surface area (Å²) in [7, 11) is 1.57. The normalized spacial score (nSPS) is 13.9. The number of rotatable bonds is 10. The molecule has 7 aromatic rings. The lowest BCUT2D eigenvalue weighted by Crippen LogP contribution is -2.40. The Kier molecular flexibility index (Phi) is 9.82. The van der Waals surface area contributed by atoms with Crippen LogP contribution in [0.15, 0.2) is 161 Å². The summed E-state index contributed by atoms with van der Waals surface area (Å²) in [4.78, 5) is 45.5. The molecule has 2 aromatic heterocycles. The summed E-state index contributed by atoms with van der Waals surface area (Å²) >= 11 is 1.23. The largest absolute Gasteiger partial charge is 0.497 e. The second-order valence-electron chi connectivity index (χ2n) is 12.9. The minimum atomic E-state index is -0.879. The molecule has 0 unspecified atom stereocenters. The number of ether oxygens (including phenoxy) is 2. The van der Waals surface area contributed by atoms with Gasteiger partial charge in [-0.25, -0.2) is 9.79 Å². The van der Waals surface area contributed by atoms with Gasteiger partial charge < -0.3 is 14.0 Å². The number of thiazole rings is 1. The van der Waals surface area contributed by atoms with Gasteiger partial charge in [0.25, 0.3) is 11.2 Å². The van der Waals surface area contributed by atoms with Crippen LogP contribution < -0.4 is 19.6 Å². The average molecular weight is 759 g/mol. The van der Waals surface area contributed by atoms with Crippen LogP contribution >= 0.6 is 11.3 Å². The maximum atomic E-state index is 14.9. The quantitative estimate of drug-likeness (QED) is 0.0794. The molecule has 0 bridgehead atoms. The van der Waals surface area contributed by atoms with E-state index in [0.29, 0.717) is 37.6 Å². The van der Waals surface area contributed by atoms with Crippen LogP contribution in [-0.4, -0.2) is 33.7 Å². The molecule has 0 spiro atoms. The number of hydrogen-bond acceptors (Lipinski definition) is 8. The average Bonchev–Trinajstić information content (AvgIpc) is 3.77. The number of non-ortho nitro benzene ring substituents is 1. The van der Waals surface area contributed by atoms with Crippen molar-refractivity contribution in [1.82, 2.24) is 9.13 Å². The van der Waals surface area contributed by atoms with Crippen LogP contribution in [0.3, 0.4) is 0 Å². The third-order valence-electron chi connectivity index (χ3n) is 9.54. The molecule has 0 fully saturated rings. The monoisotopic (exact) mass is 758 g/mol. The highest BCUT2D eigenvalue weighted by molar-refractivity contribution is 7.07.